The van der Waals surface area contributed by atoms with E-state index in [2.05, 4.69) is 0 Å². The monoisotopic (exact) mass is 158 g/mol. The fourth-order valence-electron chi connectivity index (χ4n) is 1.88. The summed E-state index contributed by atoms with van der Waals surface area (Å²) >= 11 is 0. The van der Waals surface area contributed by atoms with Gasteiger partial charge in [-0.3, -0.25) is 0 Å². The Bertz CT molecular complexity index is 112. The fourth-order valence-corrected chi connectivity index (χ4v) is 1.88. The summed E-state index contributed by atoms with van der Waals surface area (Å²) < 4.78 is 0. The maximum absolute atomic E-state index is 9.56. The first kappa shape index (κ1) is 9.01. The zero-order valence-corrected chi connectivity index (χ0v) is 7.16. The van der Waals surface area contributed by atoms with Crippen LogP contribution in [0.3, 0.4) is 0 Å². The van der Waals surface area contributed by atoms with E-state index in [0.29, 0.717) is 0 Å². The second kappa shape index (κ2) is 4.07. The Kier molecular flexibility index (Phi) is 3.34. The van der Waals surface area contributed by atoms with Gasteiger partial charge in [0.1, 0.15) is 0 Å². The Labute approximate surface area is 68.2 Å². The highest BCUT2D eigenvalue weighted by molar-refractivity contribution is 4.76. The molecule has 0 spiro atoms. The molecule has 0 aliphatic heterocycles. The smallest absolute Gasteiger partial charge is 0.0593 e. The lowest BCUT2D eigenvalue weighted by Crippen LogP contribution is -2.28. The third-order valence-electron chi connectivity index (χ3n) is 2.65. The Morgan fingerprint density at radius 1 is 1.18 bits per heavy atom. The molecular weight excluding hydrogens is 140 g/mol. The molecule has 2 N–H and O–H groups in total. The predicted molar refractivity (Wildman–Crippen MR) is 44.3 cm³/mol. The van der Waals surface area contributed by atoms with Crippen LogP contribution >= 0.6 is 0 Å². The van der Waals surface area contributed by atoms with Gasteiger partial charge in [-0.05, 0) is 19.8 Å². The van der Waals surface area contributed by atoms with Gasteiger partial charge in [-0.15, -0.1) is 0 Å². The van der Waals surface area contributed by atoms with Crippen LogP contribution in [0.5, 0.6) is 0 Å². The van der Waals surface area contributed by atoms with E-state index >= 15 is 0 Å². The van der Waals surface area contributed by atoms with Crippen LogP contribution in [0.1, 0.15) is 39.0 Å². The molecule has 0 amide bonds. The summed E-state index contributed by atoms with van der Waals surface area (Å²) in [7, 11) is 0. The van der Waals surface area contributed by atoms with Gasteiger partial charge in [-0.1, -0.05) is 19.3 Å². The largest absolute Gasteiger partial charge is 0.393 e. The second-order valence-electron chi connectivity index (χ2n) is 3.61. The molecule has 3 unspecified atom stereocenters. The quantitative estimate of drug-likeness (QED) is 0.565. The average molecular weight is 158 g/mol. The van der Waals surface area contributed by atoms with Crippen LogP contribution in [0.15, 0.2) is 0 Å². The topological polar surface area (TPSA) is 40.5 Å². The minimum absolute atomic E-state index is 0.123. The lowest BCUT2D eigenvalue weighted by atomic mass is 9.92. The van der Waals surface area contributed by atoms with E-state index in [1.165, 1.54) is 6.42 Å². The van der Waals surface area contributed by atoms with Crippen molar-refractivity contribution in [2.75, 3.05) is 0 Å². The first-order chi connectivity index (χ1) is 5.22. The van der Waals surface area contributed by atoms with Crippen molar-refractivity contribution in [1.29, 1.82) is 0 Å². The van der Waals surface area contributed by atoms with E-state index in [9.17, 15) is 10.2 Å². The van der Waals surface area contributed by atoms with Gasteiger partial charge in [0.05, 0.1) is 12.2 Å². The molecule has 66 valence electrons. The molecule has 0 aromatic carbocycles. The lowest BCUT2D eigenvalue weighted by Gasteiger charge is -2.22. The molecule has 0 aromatic rings. The molecule has 2 heteroatoms. The van der Waals surface area contributed by atoms with Crippen molar-refractivity contribution in [3.63, 3.8) is 0 Å². The summed E-state index contributed by atoms with van der Waals surface area (Å²) in [6.45, 7) is 1.78. The summed E-state index contributed by atoms with van der Waals surface area (Å²) in [4.78, 5) is 0. The average Bonchev–Trinajstić information content (AvgIpc) is 2.13. The van der Waals surface area contributed by atoms with E-state index in [0.717, 1.165) is 25.7 Å². The molecule has 1 saturated carbocycles. The maximum Gasteiger partial charge on any atom is 0.0593 e. The minimum Gasteiger partial charge on any atom is -0.393 e. The SMILES string of the molecule is CC(O)C1CCCCCC1O. The summed E-state index contributed by atoms with van der Waals surface area (Å²) in [5.41, 5.74) is 0. The van der Waals surface area contributed by atoms with E-state index in [1.54, 1.807) is 6.92 Å². The van der Waals surface area contributed by atoms with Crippen molar-refractivity contribution in [1.82, 2.24) is 0 Å². The first-order valence-electron chi connectivity index (χ1n) is 4.58. The molecule has 1 fully saturated rings. The predicted octanol–water partition coefficient (Wildman–Crippen LogP) is 1.31. The van der Waals surface area contributed by atoms with Gasteiger partial charge in [0.2, 0.25) is 0 Å². The van der Waals surface area contributed by atoms with Crippen LogP contribution in [-0.4, -0.2) is 22.4 Å². The Morgan fingerprint density at radius 2 is 1.82 bits per heavy atom. The van der Waals surface area contributed by atoms with Crippen molar-refractivity contribution in [2.45, 2.75) is 51.2 Å². The highest BCUT2D eigenvalue weighted by atomic mass is 16.3. The third-order valence-corrected chi connectivity index (χ3v) is 2.65. The van der Waals surface area contributed by atoms with E-state index in [-0.39, 0.29) is 18.1 Å². The molecule has 0 bridgehead atoms. The maximum atomic E-state index is 9.56. The van der Waals surface area contributed by atoms with Crippen LogP contribution in [0.25, 0.3) is 0 Å². The number of rotatable bonds is 1. The van der Waals surface area contributed by atoms with Crippen LogP contribution < -0.4 is 0 Å². The van der Waals surface area contributed by atoms with Crippen LogP contribution in [0.2, 0.25) is 0 Å². The van der Waals surface area contributed by atoms with Crippen molar-refractivity contribution in [2.24, 2.45) is 5.92 Å². The molecule has 11 heavy (non-hydrogen) atoms. The number of hydrogen-bond acceptors (Lipinski definition) is 2. The molecule has 1 aliphatic carbocycles. The lowest BCUT2D eigenvalue weighted by molar-refractivity contribution is 0.0180. The van der Waals surface area contributed by atoms with Crippen LogP contribution in [-0.2, 0) is 0 Å². The first-order valence-corrected chi connectivity index (χ1v) is 4.58. The van der Waals surface area contributed by atoms with Crippen molar-refractivity contribution in [3.8, 4) is 0 Å². The van der Waals surface area contributed by atoms with Crippen molar-refractivity contribution in [3.05, 3.63) is 0 Å². The molecule has 0 saturated heterocycles. The molecular formula is C9H18O2. The number of aliphatic hydroxyl groups excluding tert-OH is 2. The van der Waals surface area contributed by atoms with Crippen LogP contribution in [0.4, 0.5) is 0 Å². The molecule has 0 radical (unpaired) electrons. The standard InChI is InChI=1S/C9H18O2/c1-7(10)8-5-3-2-4-6-9(8)11/h7-11H,2-6H2,1H3. The van der Waals surface area contributed by atoms with Gasteiger partial charge in [0.15, 0.2) is 0 Å². The van der Waals surface area contributed by atoms with Gasteiger partial charge in [-0.25, -0.2) is 0 Å². The molecule has 0 heterocycles. The normalized spacial score (nSPS) is 36.3. The summed E-state index contributed by atoms with van der Waals surface area (Å²) in [5.74, 6) is 0.123. The van der Waals surface area contributed by atoms with Crippen LogP contribution in [0, 0.1) is 5.92 Å². The third kappa shape index (κ3) is 2.46. The zero-order valence-electron chi connectivity index (χ0n) is 7.16. The molecule has 1 rings (SSSR count). The highest BCUT2D eigenvalue weighted by Crippen LogP contribution is 2.25. The summed E-state index contributed by atoms with van der Waals surface area (Å²) in [5, 5.41) is 18.9. The highest BCUT2D eigenvalue weighted by Gasteiger charge is 2.25. The van der Waals surface area contributed by atoms with Gasteiger partial charge in [0.25, 0.3) is 0 Å². The fraction of sp³-hybridized carbons (Fsp3) is 1.00. The molecule has 2 nitrogen and oxygen atoms in total. The molecule has 3 atom stereocenters. The van der Waals surface area contributed by atoms with E-state index in [4.69, 9.17) is 0 Å². The minimum atomic E-state index is -0.344. The summed E-state index contributed by atoms with van der Waals surface area (Å²) in [6.07, 6.45) is 4.73. The zero-order chi connectivity index (χ0) is 8.27. The Balaban J connectivity index is 2.45. The number of hydrogen-bond donors (Lipinski definition) is 2. The van der Waals surface area contributed by atoms with E-state index in [1.807, 2.05) is 0 Å². The molecule has 0 aromatic heterocycles. The summed E-state index contributed by atoms with van der Waals surface area (Å²) in [6, 6.07) is 0. The Morgan fingerprint density at radius 3 is 2.45 bits per heavy atom. The molecule has 1 aliphatic rings. The van der Waals surface area contributed by atoms with E-state index < -0.39 is 0 Å². The van der Waals surface area contributed by atoms with Gasteiger partial charge in [0, 0.05) is 5.92 Å². The van der Waals surface area contributed by atoms with Crippen molar-refractivity contribution < 1.29 is 10.2 Å². The van der Waals surface area contributed by atoms with Gasteiger partial charge < -0.3 is 10.2 Å². The van der Waals surface area contributed by atoms with Crippen molar-refractivity contribution >= 4 is 0 Å². The van der Waals surface area contributed by atoms with Gasteiger partial charge >= 0.3 is 0 Å². The number of aliphatic hydroxyl groups is 2. The van der Waals surface area contributed by atoms with Gasteiger partial charge in [-0.2, -0.15) is 0 Å². The second-order valence-corrected chi connectivity index (χ2v) is 3.61. The Hall–Kier alpha value is -0.0800.